The highest BCUT2D eigenvalue weighted by molar-refractivity contribution is 5.80. The van der Waals surface area contributed by atoms with Crippen LogP contribution >= 0.6 is 0 Å². The summed E-state index contributed by atoms with van der Waals surface area (Å²) in [6, 6.07) is 9.38. The third kappa shape index (κ3) is 2.63. The second-order valence-electron chi connectivity index (χ2n) is 4.87. The van der Waals surface area contributed by atoms with E-state index in [9.17, 15) is 0 Å². The first-order valence-corrected chi connectivity index (χ1v) is 7.09. The van der Waals surface area contributed by atoms with Crippen molar-refractivity contribution in [3.8, 4) is 28.7 Å². The van der Waals surface area contributed by atoms with Crippen LogP contribution in [0.2, 0.25) is 0 Å². The van der Waals surface area contributed by atoms with E-state index in [1.165, 1.54) is 0 Å². The normalized spacial score (nSPS) is 10.6. The van der Waals surface area contributed by atoms with Crippen LogP contribution in [0.4, 0.5) is 5.69 Å². The lowest BCUT2D eigenvalue weighted by molar-refractivity contribution is 0.324. The van der Waals surface area contributed by atoms with Crippen molar-refractivity contribution >= 4 is 16.8 Å². The molecule has 6 heteroatoms. The minimum atomic E-state index is 0.493. The van der Waals surface area contributed by atoms with Crippen LogP contribution < -0.4 is 19.5 Å². The fraction of sp³-hybridized carbons (Fsp3) is 0.235. The summed E-state index contributed by atoms with van der Waals surface area (Å²) in [5, 5.41) is 3.08. The van der Waals surface area contributed by atoms with Crippen LogP contribution in [0, 0.1) is 0 Å². The van der Waals surface area contributed by atoms with Gasteiger partial charge in [-0.1, -0.05) is 0 Å². The molecule has 23 heavy (non-hydrogen) atoms. The molecule has 3 aromatic rings. The molecule has 2 aromatic carbocycles. The summed E-state index contributed by atoms with van der Waals surface area (Å²) in [7, 11) is 6.58. The quantitative estimate of drug-likeness (QED) is 0.777. The van der Waals surface area contributed by atoms with Crippen LogP contribution in [0.5, 0.6) is 17.2 Å². The van der Waals surface area contributed by atoms with Crippen LogP contribution in [-0.4, -0.2) is 33.4 Å². The fourth-order valence-corrected chi connectivity index (χ4v) is 2.41. The number of rotatable bonds is 5. The molecule has 0 saturated carbocycles. The van der Waals surface area contributed by atoms with Gasteiger partial charge in [-0.15, -0.1) is 0 Å². The van der Waals surface area contributed by atoms with Crippen molar-refractivity contribution in [1.82, 2.24) is 4.98 Å². The maximum absolute atomic E-state index is 5.87. The Morgan fingerprint density at radius 2 is 1.65 bits per heavy atom. The Morgan fingerprint density at radius 3 is 2.22 bits per heavy atom. The van der Waals surface area contributed by atoms with E-state index in [0.29, 0.717) is 28.7 Å². The number of aromatic nitrogens is 1. The highest BCUT2D eigenvalue weighted by Crippen LogP contribution is 2.41. The Hall–Kier alpha value is -2.89. The molecule has 0 aliphatic rings. The van der Waals surface area contributed by atoms with Gasteiger partial charge in [-0.05, 0) is 24.3 Å². The molecule has 0 aliphatic heterocycles. The van der Waals surface area contributed by atoms with Crippen LogP contribution in [0.3, 0.4) is 0 Å². The zero-order valence-electron chi connectivity index (χ0n) is 13.5. The van der Waals surface area contributed by atoms with Crippen LogP contribution in [0.1, 0.15) is 0 Å². The number of nitrogens with zero attached hydrogens (tertiary/aromatic N) is 1. The molecule has 0 radical (unpaired) electrons. The van der Waals surface area contributed by atoms with E-state index in [-0.39, 0.29) is 0 Å². The number of hydrogen-bond donors (Lipinski definition) is 1. The minimum absolute atomic E-state index is 0.493. The summed E-state index contributed by atoms with van der Waals surface area (Å²) >= 11 is 0. The van der Waals surface area contributed by atoms with Crippen molar-refractivity contribution in [3.63, 3.8) is 0 Å². The molecule has 0 bridgehead atoms. The molecule has 120 valence electrons. The van der Waals surface area contributed by atoms with E-state index in [1.807, 2.05) is 37.4 Å². The lowest BCUT2D eigenvalue weighted by Crippen LogP contribution is -1.95. The SMILES string of the molecule is CNc1ccc2nc(-c3cc(OC)c(OC)c(OC)c3)oc2c1. The van der Waals surface area contributed by atoms with Gasteiger partial charge in [0.2, 0.25) is 11.6 Å². The average Bonchev–Trinajstić information content (AvgIpc) is 3.03. The molecular weight excluding hydrogens is 296 g/mol. The first-order valence-electron chi connectivity index (χ1n) is 7.09. The fourth-order valence-electron chi connectivity index (χ4n) is 2.41. The second-order valence-corrected chi connectivity index (χ2v) is 4.87. The van der Waals surface area contributed by atoms with E-state index in [4.69, 9.17) is 18.6 Å². The van der Waals surface area contributed by atoms with Gasteiger partial charge in [0.1, 0.15) is 5.52 Å². The third-order valence-electron chi connectivity index (χ3n) is 3.59. The topological polar surface area (TPSA) is 65.8 Å². The predicted molar refractivity (Wildman–Crippen MR) is 88.6 cm³/mol. The highest BCUT2D eigenvalue weighted by atomic mass is 16.5. The highest BCUT2D eigenvalue weighted by Gasteiger charge is 2.17. The average molecular weight is 314 g/mol. The van der Waals surface area contributed by atoms with Gasteiger partial charge in [-0.2, -0.15) is 0 Å². The van der Waals surface area contributed by atoms with Crippen LogP contribution in [-0.2, 0) is 0 Å². The van der Waals surface area contributed by atoms with E-state index < -0.39 is 0 Å². The van der Waals surface area contributed by atoms with Crippen LogP contribution in [0.15, 0.2) is 34.7 Å². The summed E-state index contributed by atoms with van der Waals surface area (Å²) in [6.07, 6.45) is 0. The van der Waals surface area contributed by atoms with Gasteiger partial charge < -0.3 is 23.9 Å². The molecule has 0 amide bonds. The lowest BCUT2D eigenvalue weighted by Gasteiger charge is -2.12. The van der Waals surface area contributed by atoms with Crippen molar-refractivity contribution in [1.29, 1.82) is 0 Å². The molecule has 0 aliphatic carbocycles. The van der Waals surface area contributed by atoms with Crippen molar-refractivity contribution in [2.24, 2.45) is 0 Å². The number of methoxy groups -OCH3 is 3. The van der Waals surface area contributed by atoms with Crippen LogP contribution in [0.25, 0.3) is 22.6 Å². The minimum Gasteiger partial charge on any atom is -0.493 e. The number of benzene rings is 2. The maximum Gasteiger partial charge on any atom is 0.227 e. The zero-order valence-corrected chi connectivity index (χ0v) is 13.5. The molecule has 0 unspecified atom stereocenters. The van der Waals surface area contributed by atoms with Gasteiger partial charge in [0.25, 0.3) is 0 Å². The van der Waals surface area contributed by atoms with Crippen molar-refractivity contribution in [3.05, 3.63) is 30.3 Å². The molecule has 6 nitrogen and oxygen atoms in total. The smallest absolute Gasteiger partial charge is 0.227 e. The Balaban J connectivity index is 2.14. The molecule has 3 rings (SSSR count). The van der Waals surface area contributed by atoms with E-state index in [0.717, 1.165) is 16.8 Å². The summed E-state index contributed by atoms with van der Waals surface area (Å²) in [5.41, 5.74) is 3.21. The van der Waals surface area contributed by atoms with E-state index >= 15 is 0 Å². The summed E-state index contributed by atoms with van der Waals surface area (Å²) in [5.74, 6) is 2.14. The van der Waals surface area contributed by atoms with Gasteiger partial charge in [-0.3, -0.25) is 0 Å². The molecule has 0 fully saturated rings. The van der Waals surface area contributed by atoms with E-state index in [2.05, 4.69) is 10.3 Å². The van der Waals surface area contributed by atoms with Gasteiger partial charge in [-0.25, -0.2) is 4.98 Å². The number of anilines is 1. The monoisotopic (exact) mass is 314 g/mol. The first kappa shape index (κ1) is 15.0. The van der Waals surface area contributed by atoms with E-state index in [1.54, 1.807) is 21.3 Å². The third-order valence-corrected chi connectivity index (χ3v) is 3.59. The lowest BCUT2D eigenvalue weighted by atomic mass is 10.2. The summed E-state index contributed by atoms with van der Waals surface area (Å²) in [4.78, 5) is 4.52. The Morgan fingerprint density at radius 1 is 0.957 bits per heavy atom. The molecule has 0 atom stereocenters. The Kier molecular flexibility index (Phi) is 3.97. The number of oxazole rings is 1. The molecule has 1 aromatic heterocycles. The Bertz CT molecular complexity index is 817. The molecule has 0 spiro atoms. The molecule has 1 heterocycles. The number of fused-ring (bicyclic) bond motifs is 1. The van der Waals surface area contributed by atoms with Gasteiger partial charge in [0, 0.05) is 24.4 Å². The zero-order chi connectivity index (χ0) is 16.4. The van der Waals surface area contributed by atoms with Gasteiger partial charge >= 0.3 is 0 Å². The number of hydrogen-bond acceptors (Lipinski definition) is 6. The largest absolute Gasteiger partial charge is 0.493 e. The van der Waals surface area contributed by atoms with Gasteiger partial charge in [0.05, 0.1) is 21.3 Å². The van der Waals surface area contributed by atoms with Crippen molar-refractivity contribution < 1.29 is 18.6 Å². The summed E-state index contributed by atoms with van der Waals surface area (Å²) in [6.45, 7) is 0. The van der Waals surface area contributed by atoms with Gasteiger partial charge in [0.15, 0.2) is 17.1 Å². The maximum atomic E-state index is 5.87. The number of nitrogens with one attached hydrogen (secondary N) is 1. The Labute approximate surface area is 134 Å². The second kappa shape index (κ2) is 6.08. The number of ether oxygens (including phenoxy) is 3. The molecule has 1 N–H and O–H groups in total. The first-order chi connectivity index (χ1) is 11.2. The molecule has 0 saturated heterocycles. The summed E-state index contributed by atoms with van der Waals surface area (Å²) < 4.78 is 21.9. The molecular formula is C17H18N2O4. The van der Waals surface area contributed by atoms with Crippen molar-refractivity contribution in [2.45, 2.75) is 0 Å². The standard InChI is InChI=1S/C17H18N2O4/c1-18-11-5-6-12-13(9-11)23-17(19-12)10-7-14(20-2)16(22-4)15(8-10)21-3/h5-9,18H,1-4H3. The van der Waals surface area contributed by atoms with Crippen molar-refractivity contribution in [2.75, 3.05) is 33.7 Å². The predicted octanol–water partition coefficient (Wildman–Crippen LogP) is 3.56.